The van der Waals surface area contributed by atoms with Gasteiger partial charge in [-0.3, -0.25) is 0 Å². The van der Waals surface area contributed by atoms with E-state index < -0.39 is 0 Å². The summed E-state index contributed by atoms with van der Waals surface area (Å²) in [6, 6.07) is 0. The minimum absolute atomic E-state index is 0.344. The monoisotopic (exact) mass is 269 g/mol. The highest BCUT2D eigenvalue weighted by atomic mass is 16.5. The fraction of sp³-hybridized carbons (Fsp3) is 1.00. The van der Waals surface area contributed by atoms with Crippen molar-refractivity contribution in [3.63, 3.8) is 0 Å². The fourth-order valence-corrected chi connectivity index (χ4v) is 3.35. The maximum Gasteiger partial charge on any atom is 0.0897 e. The molecule has 0 bridgehead atoms. The van der Waals surface area contributed by atoms with E-state index in [0.29, 0.717) is 19.3 Å². The van der Waals surface area contributed by atoms with E-state index in [9.17, 15) is 5.11 Å². The van der Waals surface area contributed by atoms with Gasteiger partial charge in [0, 0.05) is 6.54 Å². The average Bonchev–Trinajstić information content (AvgIpc) is 2.92. The third kappa shape index (κ3) is 5.80. The molecule has 112 valence electrons. The van der Waals surface area contributed by atoms with Gasteiger partial charge in [0.1, 0.15) is 0 Å². The first kappa shape index (κ1) is 15.3. The van der Waals surface area contributed by atoms with Gasteiger partial charge in [0.05, 0.1) is 18.8 Å². The molecule has 0 amide bonds. The molecule has 0 saturated heterocycles. The van der Waals surface area contributed by atoms with E-state index in [4.69, 9.17) is 4.74 Å². The molecule has 3 nitrogen and oxygen atoms in total. The van der Waals surface area contributed by atoms with Gasteiger partial charge in [0.15, 0.2) is 0 Å². The summed E-state index contributed by atoms with van der Waals surface area (Å²) in [4.78, 5) is 0. The van der Waals surface area contributed by atoms with Crippen molar-refractivity contribution in [3.8, 4) is 0 Å². The predicted molar refractivity (Wildman–Crippen MR) is 78.2 cm³/mol. The summed E-state index contributed by atoms with van der Waals surface area (Å²) in [7, 11) is 0. The van der Waals surface area contributed by atoms with Crippen LogP contribution in [-0.4, -0.2) is 37.0 Å². The van der Waals surface area contributed by atoms with Crippen LogP contribution in [0.5, 0.6) is 0 Å². The highest BCUT2D eigenvalue weighted by Crippen LogP contribution is 2.27. The Bertz CT molecular complexity index is 233. The molecule has 0 aromatic rings. The lowest BCUT2D eigenvalue weighted by Crippen LogP contribution is -2.35. The highest BCUT2D eigenvalue weighted by molar-refractivity contribution is 4.73. The first-order valence-corrected chi connectivity index (χ1v) is 8.24. The zero-order valence-electron chi connectivity index (χ0n) is 12.4. The molecule has 0 spiro atoms. The predicted octanol–water partition coefficient (Wildman–Crippen LogP) is 2.72. The first-order chi connectivity index (χ1) is 9.24. The van der Waals surface area contributed by atoms with Gasteiger partial charge in [-0.1, -0.05) is 32.6 Å². The summed E-state index contributed by atoms with van der Waals surface area (Å²) in [5.41, 5.74) is 0. The van der Waals surface area contributed by atoms with E-state index in [1.165, 1.54) is 51.4 Å². The molecular formula is C16H31NO2. The molecule has 0 heterocycles. The smallest absolute Gasteiger partial charge is 0.0897 e. The van der Waals surface area contributed by atoms with Crippen molar-refractivity contribution in [1.82, 2.24) is 5.32 Å². The van der Waals surface area contributed by atoms with Crippen molar-refractivity contribution >= 4 is 0 Å². The zero-order valence-corrected chi connectivity index (χ0v) is 12.4. The minimum Gasteiger partial charge on any atom is -0.389 e. The van der Waals surface area contributed by atoms with Gasteiger partial charge in [-0.05, 0) is 44.1 Å². The Kier molecular flexibility index (Phi) is 6.62. The summed E-state index contributed by atoms with van der Waals surface area (Å²) in [5, 5.41) is 13.3. The number of ether oxygens (including phenoxy) is 1. The Morgan fingerprint density at radius 1 is 1.11 bits per heavy atom. The maximum atomic E-state index is 9.89. The van der Waals surface area contributed by atoms with Crippen molar-refractivity contribution in [2.45, 2.75) is 70.5 Å². The first-order valence-electron chi connectivity index (χ1n) is 8.24. The fourth-order valence-electron chi connectivity index (χ4n) is 3.35. The number of aliphatic hydroxyl groups is 1. The Hall–Kier alpha value is -0.120. The Morgan fingerprint density at radius 3 is 2.47 bits per heavy atom. The molecule has 3 heteroatoms. The van der Waals surface area contributed by atoms with Crippen LogP contribution in [0, 0.1) is 11.8 Å². The van der Waals surface area contributed by atoms with Crippen LogP contribution in [-0.2, 0) is 4.74 Å². The Morgan fingerprint density at radius 2 is 1.79 bits per heavy atom. The number of aliphatic hydroxyl groups excluding tert-OH is 1. The molecule has 1 atom stereocenters. The second kappa shape index (κ2) is 8.23. The van der Waals surface area contributed by atoms with Crippen molar-refractivity contribution in [1.29, 1.82) is 0 Å². The molecular weight excluding hydrogens is 238 g/mol. The van der Waals surface area contributed by atoms with Gasteiger partial charge < -0.3 is 15.2 Å². The second-order valence-corrected chi connectivity index (χ2v) is 6.68. The highest BCUT2D eigenvalue weighted by Gasteiger charge is 2.19. The van der Waals surface area contributed by atoms with Crippen LogP contribution < -0.4 is 5.32 Å². The van der Waals surface area contributed by atoms with Gasteiger partial charge in [0.25, 0.3) is 0 Å². The molecule has 2 rings (SSSR count). The molecule has 2 N–H and O–H groups in total. The van der Waals surface area contributed by atoms with Crippen LogP contribution in [0.25, 0.3) is 0 Å². The molecule has 1 unspecified atom stereocenters. The van der Waals surface area contributed by atoms with Crippen molar-refractivity contribution in [2.75, 3.05) is 19.7 Å². The quantitative estimate of drug-likeness (QED) is 0.746. The van der Waals surface area contributed by atoms with E-state index in [0.717, 1.165) is 18.4 Å². The molecule has 0 radical (unpaired) electrons. The van der Waals surface area contributed by atoms with Gasteiger partial charge in [-0.25, -0.2) is 0 Å². The third-order valence-corrected chi connectivity index (χ3v) is 4.77. The molecule has 2 saturated carbocycles. The van der Waals surface area contributed by atoms with Crippen LogP contribution in [0.4, 0.5) is 0 Å². The Labute approximate surface area is 118 Å². The molecule has 2 aliphatic rings. The standard InChI is InChI=1S/C16H31NO2/c1-13-6-8-14(9-7-13)10-17-11-15(18)12-19-16-4-2-3-5-16/h13-18H,2-12H2,1H3. The van der Waals surface area contributed by atoms with Gasteiger partial charge >= 0.3 is 0 Å². The van der Waals surface area contributed by atoms with Crippen molar-refractivity contribution in [3.05, 3.63) is 0 Å². The van der Waals surface area contributed by atoms with Gasteiger partial charge in [-0.15, -0.1) is 0 Å². The third-order valence-electron chi connectivity index (χ3n) is 4.77. The van der Waals surface area contributed by atoms with Gasteiger partial charge in [0.2, 0.25) is 0 Å². The van der Waals surface area contributed by atoms with Crippen LogP contribution in [0.2, 0.25) is 0 Å². The summed E-state index contributed by atoms with van der Waals surface area (Å²) in [5.74, 6) is 1.74. The minimum atomic E-state index is -0.344. The summed E-state index contributed by atoms with van der Waals surface area (Å²) < 4.78 is 5.73. The SMILES string of the molecule is CC1CCC(CNCC(O)COC2CCCC2)CC1. The summed E-state index contributed by atoms with van der Waals surface area (Å²) in [6.45, 7) is 4.60. The van der Waals surface area contributed by atoms with E-state index in [-0.39, 0.29) is 6.10 Å². The lowest BCUT2D eigenvalue weighted by molar-refractivity contribution is -0.00575. The molecule has 2 fully saturated rings. The van der Waals surface area contributed by atoms with Crippen LogP contribution >= 0.6 is 0 Å². The molecule has 0 aromatic heterocycles. The number of nitrogens with one attached hydrogen (secondary N) is 1. The Balaban J connectivity index is 1.47. The van der Waals surface area contributed by atoms with E-state index in [1.807, 2.05) is 0 Å². The topological polar surface area (TPSA) is 41.5 Å². The largest absolute Gasteiger partial charge is 0.389 e. The lowest BCUT2D eigenvalue weighted by atomic mass is 9.83. The number of hydrogen-bond donors (Lipinski definition) is 2. The molecule has 19 heavy (non-hydrogen) atoms. The van der Waals surface area contributed by atoms with Gasteiger partial charge in [-0.2, -0.15) is 0 Å². The normalized spacial score (nSPS) is 30.6. The van der Waals surface area contributed by atoms with E-state index in [1.54, 1.807) is 0 Å². The molecule has 0 aliphatic heterocycles. The van der Waals surface area contributed by atoms with Crippen molar-refractivity contribution in [2.24, 2.45) is 11.8 Å². The van der Waals surface area contributed by atoms with Crippen LogP contribution in [0.1, 0.15) is 58.3 Å². The second-order valence-electron chi connectivity index (χ2n) is 6.68. The zero-order chi connectivity index (χ0) is 13.5. The molecule has 2 aliphatic carbocycles. The number of rotatable bonds is 7. The molecule has 0 aromatic carbocycles. The number of hydrogen-bond acceptors (Lipinski definition) is 3. The maximum absolute atomic E-state index is 9.89. The lowest BCUT2D eigenvalue weighted by Gasteiger charge is -2.26. The van der Waals surface area contributed by atoms with Crippen LogP contribution in [0.15, 0.2) is 0 Å². The van der Waals surface area contributed by atoms with E-state index in [2.05, 4.69) is 12.2 Å². The van der Waals surface area contributed by atoms with E-state index >= 15 is 0 Å². The van der Waals surface area contributed by atoms with Crippen molar-refractivity contribution < 1.29 is 9.84 Å². The average molecular weight is 269 g/mol. The van der Waals surface area contributed by atoms with Crippen LogP contribution in [0.3, 0.4) is 0 Å². The summed E-state index contributed by atoms with van der Waals surface area (Å²) >= 11 is 0. The summed E-state index contributed by atoms with van der Waals surface area (Å²) in [6.07, 6.45) is 10.5.